The Balaban J connectivity index is 2.49. The van der Waals surface area contributed by atoms with Crippen molar-refractivity contribution < 1.29 is 14.9 Å². The van der Waals surface area contributed by atoms with Gasteiger partial charge in [-0.3, -0.25) is 0 Å². The molecule has 0 fully saturated rings. The van der Waals surface area contributed by atoms with Crippen LogP contribution >= 0.6 is 0 Å². The van der Waals surface area contributed by atoms with Gasteiger partial charge in [0, 0.05) is 17.6 Å². The first-order valence-electron chi connectivity index (χ1n) is 6.38. The summed E-state index contributed by atoms with van der Waals surface area (Å²) in [6.07, 6.45) is 7.99. The second-order valence-electron chi connectivity index (χ2n) is 4.78. The monoisotopic (exact) mass is 248 g/mol. The summed E-state index contributed by atoms with van der Waals surface area (Å²) >= 11 is 0. The number of para-hydroxylation sites is 1. The maximum Gasteiger partial charge on any atom is 0.161 e. The fourth-order valence-corrected chi connectivity index (χ4v) is 2.78. The maximum atomic E-state index is 10.3. The average molecular weight is 248 g/mol. The van der Waals surface area contributed by atoms with Gasteiger partial charge in [0.05, 0.1) is 7.11 Å². The van der Waals surface area contributed by atoms with Crippen molar-refractivity contribution in [3.63, 3.8) is 0 Å². The summed E-state index contributed by atoms with van der Waals surface area (Å²) < 4.78 is 5.16. The van der Waals surface area contributed by atoms with Crippen LogP contribution in [0.2, 0.25) is 0 Å². The standard InChI is InChI=1S/C15H20O3/c1-18-13-7-5-6-12(14(13)17)15(10-11-16)8-3-2-4-9-15/h3,5-8,16-17H,2,4,9-11H2,1H3/t15-/m1/s1. The molecular formula is C15H20O3. The van der Waals surface area contributed by atoms with Crippen LogP contribution in [-0.4, -0.2) is 23.9 Å². The van der Waals surface area contributed by atoms with Gasteiger partial charge in [0.2, 0.25) is 0 Å². The van der Waals surface area contributed by atoms with Crippen LogP contribution in [0.3, 0.4) is 0 Å². The summed E-state index contributed by atoms with van der Waals surface area (Å²) in [7, 11) is 1.55. The van der Waals surface area contributed by atoms with E-state index >= 15 is 0 Å². The molecule has 18 heavy (non-hydrogen) atoms. The first-order valence-corrected chi connectivity index (χ1v) is 6.38. The molecule has 3 heteroatoms. The zero-order valence-electron chi connectivity index (χ0n) is 10.7. The Bertz CT molecular complexity index is 439. The van der Waals surface area contributed by atoms with E-state index in [1.54, 1.807) is 13.2 Å². The molecule has 1 aromatic carbocycles. The fourth-order valence-electron chi connectivity index (χ4n) is 2.78. The number of methoxy groups -OCH3 is 1. The van der Waals surface area contributed by atoms with Gasteiger partial charge in [0.1, 0.15) is 0 Å². The zero-order valence-corrected chi connectivity index (χ0v) is 10.7. The first-order chi connectivity index (χ1) is 8.73. The Labute approximate surface area is 108 Å². The minimum atomic E-state index is -0.258. The average Bonchev–Trinajstić information content (AvgIpc) is 2.40. The van der Waals surface area contributed by atoms with Crippen LogP contribution < -0.4 is 4.74 Å². The molecule has 0 saturated carbocycles. The van der Waals surface area contributed by atoms with E-state index in [9.17, 15) is 10.2 Å². The van der Waals surface area contributed by atoms with Crippen molar-refractivity contribution in [2.24, 2.45) is 0 Å². The highest BCUT2D eigenvalue weighted by atomic mass is 16.5. The van der Waals surface area contributed by atoms with Gasteiger partial charge in [-0.05, 0) is 31.7 Å². The molecule has 0 bridgehead atoms. The number of aliphatic hydroxyl groups is 1. The number of ether oxygens (including phenoxy) is 1. The highest BCUT2D eigenvalue weighted by Gasteiger charge is 2.33. The number of benzene rings is 1. The molecule has 1 aliphatic carbocycles. The first kappa shape index (κ1) is 13.0. The van der Waals surface area contributed by atoms with Crippen LogP contribution in [0.5, 0.6) is 11.5 Å². The zero-order chi connectivity index (χ0) is 13.0. The fraction of sp³-hybridized carbons (Fsp3) is 0.467. The number of aliphatic hydroxyl groups excluding tert-OH is 1. The summed E-state index contributed by atoms with van der Waals surface area (Å²) in [4.78, 5) is 0. The highest BCUT2D eigenvalue weighted by molar-refractivity contribution is 5.51. The Morgan fingerprint density at radius 1 is 1.39 bits per heavy atom. The molecular weight excluding hydrogens is 228 g/mol. The van der Waals surface area contributed by atoms with Crippen molar-refractivity contribution in [3.8, 4) is 11.5 Å². The van der Waals surface area contributed by atoms with Crippen LogP contribution in [0.1, 0.15) is 31.2 Å². The van der Waals surface area contributed by atoms with Crippen molar-refractivity contribution in [2.45, 2.75) is 31.1 Å². The topological polar surface area (TPSA) is 49.7 Å². The van der Waals surface area contributed by atoms with Crippen molar-refractivity contribution >= 4 is 0 Å². The Morgan fingerprint density at radius 3 is 2.83 bits per heavy atom. The van der Waals surface area contributed by atoms with Crippen molar-refractivity contribution in [2.75, 3.05) is 13.7 Å². The number of hydrogen-bond donors (Lipinski definition) is 2. The van der Waals surface area contributed by atoms with E-state index in [-0.39, 0.29) is 17.8 Å². The number of phenolic OH excluding ortho intramolecular Hbond substituents is 1. The summed E-state index contributed by atoms with van der Waals surface area (Å²) in [6, 6.07) is 5.55. The van der Waals surface area contributed by atoms with E-state index < -0.39 is 0 Å². The van der Waals surface area contributed by atoms with Crippen LogP contribution in [0.15, 0.2) is 30.4 Å². The van der Waals surface area contributed by atoms with E-state index in [0.29, 0.717) is 12.2 Å². The van der Waals surface area contributed by atoms with Gasteiger partial charge in [0.15, 0.2) is 11.5 Å². The predicted octanol–water partition coefficient (Wildman–Crippen LogP) is 2.76. The minimum absolute atomic E-state index is 0.112. The molecule has 1 aromatic rings. The molecule has 0 aliphatic heterocycles. The molecule has 0 spiro atoms. The van der Waals surface area contributed by atoms with Crippen molar-refractivity contribution in [1.29, 1.82) is 0 Å². The highest BCUT2D eigenvalue weighted by Crippen LogP contribution is 2.44. The van der Waals surface area contributed by atoms with Gasteiger partial charge >= 0.3 is 0 Å². The molecule has 3 nitrogen and oxygen atoms in total. The summed E-state index contributed by atoms with van der Waals surface area (Å²) in [5, 5.41) is 19.6. The van der Waals surface area contributed by atoms with Crippen LogP contribution in [0.4, 0.5) is 0 Å². The normalized spacial score (nSPS) is 23.0. The predicted molar refractivity (Wildman–Crippen MR) is 71.0 cm³/mol. The number of phenols is 1. The minimum Gasteiger partial charge on any atom is -0.504 e. The van der Waals surface area contributed by atoms with Gasteiger partial charge in [-0.25, -0.2) is 0 Å². The number of allylic oxidation sites excluding steroid dienone is 2. The summed E-state index contributed by atoms with van der Waals surface area (Å²) in [6.45, 7) is 0.112. The molecule has 0 heterocycles. The Hall–Kier alpha value is -1.48. The van der Waals surface area contributed by atoms with Gasteiger partial charge in [-0.15, -0.1) is 0 Å². The van der Waals surface area contributed by atoms with E-state index in [0.717, 1.165) is 24.8 Å². The smallest absolute Gasteiger partial charge is 0.161 e. The molecule has 98 valence electrons. The third-order valence-corrected chi connectivity index (χ3v) is 3.74. The molecule has 0 unspecified atom stereocenters. The number of aromatic hydroxyl groups is 1. The largest absolute Gasteiger partial charge is 0.504 e. The lowest BCUT2D eigenvalue weighted by Gasteiger charge is -2.34. The van der Waals surface area contributed by atoms with Crippen LogP contribution in [0, 0.1) is 0 Å². The van der Waals surface area contributed by atoms with Crippen molar-refractivity contribution in [1.82, 2.24) is 0 Å². The number of hydrogen-bond acceptors (Lipinski definition) is 3. The SMILES string of the molecule is COc1cccc([C@]2(CCO)C=CCCC2)c1O. The van der Waals surface area contributed by atoms with Gasteiger partial charge in [0.25, 0.3) is 0 Å². The molecule has 0 radical (unpaired) electrons. The maximum absolute atomic E-state index is 10.3. The third-order valence-electron chi connectivity index (χ3n) is 3.74. The van der Waals surface area contributed by atoms with Crippen LogP contribution in [0.25, 0.3) is 0 Å². The number of rotatable bonds is 4. The third kappa shape index (κ3) is 2.23. The van der Waals surface area contributed by atoms with Crippen molar-refractivity contribution in [3.05, 3.63) is 35.9 Å². The summed E-state index contributed by atoms with van der Waals surface area (Å²) in [5.74, 6) is 0.684. The van der Waals surface area contributed by atoms with E-state index in [1.165, 1.54) is 0 Å². The molecule has 2 rings (SSSR count). The van der Waals surface area contributed by atoms with Crippen LogP contribution in [-0.2, 0) is 5.41 Å². The molecule has 0 amide bonds. The molecule has 1 aliphatic rings. The lowest BCUT2D eigenvalue weighted by molar-refractivity contribution is 0.243. The molecule has 1 atom stereocenters. The lowest BCUT2D eigenvalue weighted by Crippen LogP contribution is -2.27. The van der Waals surface area contributed by atoms with E-state index in [1.807, 2.05) is 12.1 Å². The Kier molecular flexibility index (Phi) is 3.92. The van der Waals surface area contributed by atoms with E-state index in [2.05, 4.69) is 12.2 Å². The Morgan fingerprint density at radius 2 is 2.22 bits per heavy atom. The molecule has 0 saturated heterocycles. The quantitative estimate of drug-likeness (QED) is 0.805. The van der Waals surface area contributed by atoms with Gasteiger partial charge < -0.3 is 14.9 Å². The van der Waals surface area contributed by atoms with Gasteiger partial charge in [-0.2, -0.15) is 0 Å². The summed E-state index contributed by atoms with van der Waals surface area (Å²) in [5.41, 5.74) is 0.595. The van der Waals surface area contributed by atoms with Gasteiger partial charge in [-0.1, -0.05) is 24.3 Å². The lowest BCUT2D eigenvalue weighted by atomic mass is 9.71. The molecule has 2 N–H and O–H groups in total. The second kappa shape index (κ2) is 5.44. The van der Waals surface area contributed by atoms with E-state index in [4.69, 9.17) is 4.74 Å². The molecule has 0 aromatic heterocycles. The second-order valence-corrected chi connectivity index (χ2v) is 4.78.